The molecule has 0 aliphatic heterocycles. The first-order valence-corrected chi connectivity index (χ1v) is 13.8. The van der Waals surface area contributed by atoms with Crippen LogP contribution in [-0.2, 0) is 0 Å². The zero-order valence-corrected chi connectivity index (χ0v) is 22.2. The summed E-state index contributed by atoms with van der Waals surface area (Å²) < 4.78 is 6.64. The third-order valence-corrected chi connectivity index (χ3v) is 7.68. The van der Waals surface area contributed by atoms with Crippen molar-refractivity contribution in [3.8, 4) is 44.9 Å². The van der Waals surface area contributed by atoms with Gasteiger partial charge in [0, 0.05) is 32.8 Å². The first-order valence-electron chi connectivity index (χ1n) is 13.8. The van der Waals surface area contributed by atoms with Crippen molar-refractivity contribution in [1.82, 2.24) is 9.97 Å². The van der Waals surface area contributed by atoms with Crippen LogP contribution in [0.5, 0.6) is 0 Å². The lowest BCUT2D eigenvalue weighted by Crippen LogP contribution is -1.95. The summed E-state index contributed by atoms with van der Waals surface area (Å²) in [5, 5.41) is 3.10. The standard InChI is InChI=1S/C38H24N2O/c1-4-13-25(14-5-1)28-23-31(26-15-6-2-7-16-26)37-32(24-28)35-30(20-12-22-34(35)41-37)38-39-33-21-11-10-19-29(33)36(40-38)27-17-8-3-9-18-27/h1-24H. The van der Waals surface area contributed by atoms with Gasteiger partial charge in [0.1, 0.15) is 11.2 Å². The number of furan rings is 1. The second kappa shape index (κ2) is 9.58. The maximum absolute atomic E-state index is 6.64. The summed E-state index contributed by atoms with van der Waals surface area (Å²) in [7, 11) is 0. The van der Waals surface area contributed by atoms with E-state index in [2.05, 4.69) is 91.0 Å². The number of rotatable bonds is 4. The molecule has 8 rings (SSSR count). The van der Waals surface area contributed by atoms with Crippen molar-refractivity contribution in [2.45, 2.75) is 0 Å². The molecule has 0 saturated carbocycles. The topological polar surface area (TPSA) is 38.9 Å². The monoisotopic (exact) mass is 524 g/mol. The minimum absolute atomic E-state index is 0.683. The Kier molecular flexibility index (Phi) is 5.46. The fraction of sp³-hybridized carbons (Fsp3) is 0. The molecule has 6 aromatic carbocycles. The highest BCUT2D eigenvalue weighted by Crippen LogP contribution is 2.43. The molecule has 0 amide bonds. The summed E-state index contributed by atoms with van der Waals surface area (Å²) >= 11 is 0. The number of fused-ring (bicyclic) bond motifs is 4. The predicted molar refractivity (Wildman–Crippen MR) is 169 cm³/mol. The smallest absolute Gasteiger partial charge is 0.161 e. The third kappa shape index (κ3) is 3.98. The van der Waals surface area contributed by atoms with E-state index in [1.807, 2.05) is 54.6 Å². The summed E-state index contributed by atoms with van der Waals surface area (Å²) in [6.07, 6.45) is 0. The van der Waals surface area contributed by atoms with Crippen LogP contribution in [0.2, 0.25) is 0 Å². The molecule has 0 atom stereocenters. The van der Waals surface area contributed by atoms with Gasteiger partial charge >= 0.3 is 0 Å². The van der Waals surface area contributed by atoms with Gasteiger partial charge in [-0.15, -0.1) is 0 Å². The molecule has 2 heterocycles. The maximum atomic E-state index is 6.64. The van der Waals surface area contributed by atoms with Gasteiger partial charge in [0.25, 0.3) is 0 Å². The van der Waals surface area contributed by atoms with E-state index in [1.165, 1.54) is 0 Å². The van der Waals surface area contributed by atoms with E-state index in [9.17, 15) is 0 Å². The van der Waals surface area contributed by atoms with E-state index in [4.69, 9.17) is 14.4 Å². The van der Waals surface area contributed by atoms with Crippen molar-refractivity contribution in [2.75, 3.05) is 0 Å². The lowest BCUT2D eigenvalue weighted by atomic mass is 9.95. The molecule has 8 aromatic rings. The fourth-order valence-corrected chi connectivity index (χ4v) is 5.76. The molecule has 192 valence electrons. The van der Waals surface area contributed by atoms with Crippen LogP contribution in [0.1, 0.15) is 0 Å². The average Bonchev–Trinajstić information content (AvgIpc) is 3.44. The van der Waals surface area contributed by atoms with E-state index in [0.717, 1.165) is 71.9 Å². The van der Waals surface area contributed by atoms with Gasteiger partial charge in [-0.3, -0.25) is 0 Å². The number of hydrogen-bond donors (Lipinski definition) is 0. The first-order chi connectivity index (χ1) is 20.3. The lowest BCUT2D eigenvalue weighted by Gasteiger charge is -2.10. The van der Waals surface area contributed by atoms with E-state index >= 15 is 0 Å². The second-order valence-electron chi connectivity index (χ2n) is 10.2. The van der Waals surface area contributed by atoms with Crippen molar-refractivity contribution >= 4 is 32.8 Å². The Bertz CT molecular complexity index is 2180. The van der Waals surface area contributed by atoms with Crippen LogP contribution >= 0.6 is 0 Å². The highest BCUT2D eigenvalue weighted by atomic mass is 16.3. The van der Waals surface area contributed by atoms with Crippen molar-refractivity contribution < 1.29 is 4.42 Å². The summed E-state index contributed by atoms with van der Waals surface area (Å²) in [6, 6.07) is 50.1. The van der Waals surface area contributed by atoms with E-state index in [1.54, 1.807) is 0 Å². The molecule has 3 heteroatoms. The zero-order chi connectivity index (χ0) is 27.2. The minimum atomic E-state index is 0.683. The van der Waals surface area contributed by atoms with Crippen LogP contribution in [0.3, 0.4) is 0 Å². The quantitative estimate of drug-likeness (QED) is 0.230. The number of aromatic nitrogens is 2. The van der Waals surface area contributed by atoms with E-state index in [-0.39, 0.29) is 0 Å². The summed E-state index contributed by atoms with van der Waals surface area (Å²) in [5.41, 5.74) is 10.0. The normalized spacial score (nSPS) is 11.4. The van der Waals surface area contributed by atoms with Crippen LogP contribution < -0.4 is 0 Å². The summed E-state index contributed by atoms with van der Waals surface area (Å²) in [6.45, 7) is 0. The van der Waals surface area contributed by atoms with Gasteiger partial charge < -0.3 is 4.42 Å². The Labute approximate surface area is 237 Å². The van der Waals surface area contributed by atoms with E-state index in [0.29, 0.717) is 5.82 Å². The van der Waals surface area contributed by atoms with Crippen molar-refractivity contribution in [1.29, 1.82) is 0 Å². The Morgan fingerprint density at radius 1 is 0.439 bits per heavy atom. The first kappa shape index (κ1) is 23.4. The lowest BCUT2D eigenvalue weighted by molar-refractivity contribution is 0.670. The number of hydrogen-bond acceptors (Lipinski definition) is 3. The Morgan fingerprint density at radius 3 is 1.85 bits per heavy atom. The van der Waals surface area contributed by atoms with Gasteiger partial charge in [0.05, 0.1) is 11.2 Å². The molecule has 0 saturated heterocycles. The van der Waals surface area contributed by atoms with Crippen LogP contribution in [0.15, 0.2) is 150 Å². The SMILES string of the molecule is c1ccc(-c2cc(-c3ccccc3)c3oc4cccc(-c5nc(-c6ccccc6)c6ccccc6n5)c4c3c2)cc1. The van der Waals surface area contributed by atoms with Gasteiger partial charge in [-0.1, -0.05) is 121 Å². The second-order valence-corrected chi connectivity index (χ2v) is 10.2. The van der Waals surface area contributed by atoms with Gasteiger partial charge in [-0.2, -0.15) is 0 Å². The van der Waals surface area contributed by atoms with Gasteiger partial charge in [-0.25, -0.2) is 9.97 Å². The number of benzene rings is 6. The molecule has 0 N–H and O–H groups in total. The maximum Gasteiger partial charge on any atom is 0.161 e. The van der Waals surface area contributed by atoms with Crippen molar-refractivity contribution in [3.63, 3.8) is 0 Å². The fourth-order valence-electron chi connectivity index (χ4n) is 5.76. The third-order valence-electron chi connectivity index (χ3n) is 7.68. The van der Waals surface area contributed by atoms with Gasteiger partial charge in [0.2, 0.25) is 0 Å². The molecule has 0 aliphatic carbocycles. The summed E-state index contributed by atoms with van der Waals surface area (Å²) in [4.78, 5) is 10.3. The molecule has 3 nitrogen and oxygen atoms in total. The van der Waals surface area contributed by atoms with Gasteiger partial charge in [-0.05, 0) is 41.0 Å². The highest BCUT2D eigenvalue weighted by Gasteiger charge is 2.20. The Balaban J connectivity index is 1.45. The molecular formula is C38H24N2O. The van der Waals surface area contributed by atoms with Crippen LogP contribution in [0.25, 0.3) is 77.7 Å². The summed E-state index contributed by atoms with van der Waals surface area (Å²) in [5.74, 6) is 0.683. The molecular weight excluding hydrogens is 500 g/mol. The van der Waals surface area contributed by atoms with Crippen LogP contribution in [-0.4, -0.2) is 9.97 Å². The molecule has 0 bridgehead atoms. The molecule has 2 aromatic heterocycles. The zero-order valence-electron chi connectivity index (χ0n) is 22.2. The average molecular weight is 525 g/mol. The van der Waals surface area contributed by atoms with Crippen molar-refractivity contribution in [3.05, 3.63) is 146 Å². The van der Waals surface area contributed by atoms with Crippen LogP contribution in [0, 0.1) is 0 Å². The van der Waals surface area contributed by atoms with E-state index < -0.39 is 0 Å². The molecule has 0 unspecified atom stereocenters. The molecule has 0 aliphatic rings. The van der Waals surface area contributed by atoms with Crippen molar-refractivity contribution in [2.24, 2.45) is 0 Å². The Hall–Kier alpha value is -5.54. The largest absolute Gasteiger partial charge is 0.455 e. The highest BCUT2D eigenvalue weighted by molar-refractivity contribution is 6.16. The number of para-hydroxylation sites is 1. The molecule has 0 spiro atoms. The molecule has 0 fully saturated rings. The molecule has 0 radical (unpaired) electrons. The Morgan fingerprint density at radius 2 is 1.10 bits per heavy atom. The van der Waals surface area contributed by atoms with Gasteiger partial charge in [0.15, 0.2) is 5.82 Å². The predicted octanol–water partition coefficient (Wildman–Crippen LogP) is 10.2. The minimum Gasteiger partial charge on any atom is -0.455 e. The number of nitrogens with zero attached hydrogens (tertiary/aromatic N) is 2. The van der Waals surface area contributed by atoms with Crippen LogP contribution in [0.4, 0.5) is 0 Å². The molecule has 41 heavy (non-hydrogen) atoms.